The molecule has 0 radical (unpaired) electrons. The maximum atomic E-state index is 5.79. The maximum absolute atomic E-state index is 5.79. The number of hydrogen-bond donors (Lipinski definition) is 0. The van der Waals surface area contributed by atoms with Gasteiger partial charge in [0, 0.05) is 5.38 Å². The lowest BCUT2D eigenvalue weighted by molar-refractivity contribution is 0.604. The Kier molecular flexibility index (Phi) is 7.61. The van der Waals surface area contributed by atoms with Gasteiger partial charge in [-0.2, -0.15) is 0 Å². The molecule has 0 N–H and O–H groups in total. The van der Waals surface area contributed by atoms with Crippen LogP contribution in [0.1, 0.15) is 52.4 Å². The van der Waals surface area contributed by atoms with Gasteiger partial charge in [0.05, 0.1) is 0 Å². The van der Waals surface area contributed by atoms with Gasteiger partial charge in [-0.1, -0.05) is 39.0 Å². The third-order valence-corrected chi connectivity index (χ3v) is 1.92. The SMILES string of the molecule is CCCCCCCC(C)Cl. The zero-order chi connectivity index (χ0) is 7.82. The van der Waals surface area contributed by atoms with E-state index in [1.165, 1.54) is 38.5 Å². The Morgan fingerprint density at radius 3 is 2.20 bits per heavy atom. The van der Waals surface area contributed by atoms with Gasteiger partial charge >= 0.3 is 0 Å². The highest BCUT2D eigenvalue weighted by Gasteiger charge is 1.94. The Morgan fingerprint density at radius 1 is 1.10 bits per heavy atom. The van der Waals surface area contributed by atoms with Gasteiger partial charge in [-0.15, -0.1) is 11.6 Å². The Morgan fingerprint density at radius 2 is 1.70 bits per heavy atom. The van der Waals surface area contributed by atoms with Crippen molar-refractivity contribution >= 4 is 11.6 Å². The predicted octanol–water partition coefficient (Wildman–Crippen LogP) is 3.97. The van der Waals surface area contributed by atoms with Crippen LogP contribution in [0.5, 0.6) is 0 Å². The van der Waals surface area contributed by atoms with Gasteiger partial charge in [0.1, 0.15) is 0 Å². The highest BCUT2D eigenvalue weighted by molar-refractivity contribution is 6.20. The molecule has 0 saturated carbocycles. The Bertz CT molecular complexity index is 59.7. The van der Waals surface area contributed by atoms with E-state index in [1.54, 1.807) is 0 Å². The molecule has 10 heavy (non-hydrogen) atoms. The molecular weight excluding hydrogens is 144 g/mol. The number of alkyl halides is 1. The number of hydrogen-bond acceptors (Lipinski definition) is 0. The first kappa shape index (κ1) is 10.3. The molecule has 0 spiro atoms. The molecule has 0 saturated heterocycles. The summed E-state index contributed by atoms with van der Waals surface area (Å²) in [6.45, 7) is 4.31. The van der Waals surface area contributed by atoms with Gasteiger partial charge in [0.15, 0.2) is 0 Å². The second-order valence-electron chi connectivity index (χ2n) is 2.98. The first-order valence-electron chi connectivity index (χ1n) is 4.41. The van der Waals surface area contributed by atoms with Crippen LogP contribution in [0.4, 0.5) is 0 Å². The van der Waals surface area contributed by atoms with Crippen molar-refractivity contribution in [1.29, 1.82) is 0 Å². The van der Waals surface area contributed by atoms with E-state index in [1.807, 2.05) is 0 Å². The van der Waals surface area contributed by atoms with E-state index in [4.69, 9.17) is 11.6 Å². The zero-order valence-corrected chi connectivity index (χ0v) is 7.95. The fourth-order valence-electron chi connectivity index (χ4n) is 1.03. The third kappa shape index (κ3) is 8.29. The monoisotopic (exact) mass is 162 g/mol. The molecule has 0 aromatic heterocycles. The molecule has 62 valence electrons. The van der Waals surface area contributed by atoms with Crippen LogP contribution in [-0.4, -0.2) is 5.38 Å². The van der Waals surface area contributed by atoms with Crippen LogP contribution in [0.15, 0.2) is 0 Å². The zero-order valence-electron chi connectivity index (χ0n) is 7.20. The minimum Gasteiger partial charge on any atom is -0.123 e. The summed E-state index contributed by atoms with van der Waals surface area (Å²) in [5.41, 5.74) is 0. The van der Waals surface area contributed by atoms with Crippen molar-refractivity contribution in [1.82, 2.24) is 0 Å². The summed E-state index contributed by atoms with van der Waals surface area (Å²) >= 11 is 5.79. The minimum atomic E-state index is 0.377. The predicted molar refractivity (Wildman–Crippen MR) is 48.7 cm³/mol. The van der Waals surface area contributed by atoms with E-state index in [0.29, 0.717) is 5.38 Å². The second-order valence-corrected chi connectivity index (χ2v) is 3.73. The summed E-state index contributed by atoms with van der Waals surface area (Å²) in [6, 6.07) is 0. The van der Waals surface area contributed by atoms with Crippen LogP contribution in [0.25, 0.3) is 0 Å². The molecule has 1 unspecified atom stereocenters. The summed E-state index contributed by atoms with van der Waals surface area (Å²) in [5, 5.41) is 0.377. The van der Waals surface area contributed by atoms with Crippen LogP contribution >= 0.6 is 11.6 Å². The van der Waals surface area contributed by atoms with Crippen molar-refractivity contribution in [2.45, 2.75) is 57.7 Å². The highest BCUT2D eigenvalue weighted by Crippen LogP contribution is 2.09. The fraction of sp³-hybridized carbons (Fsp3) is 1.00. The first-order valence-corrected chi connectivity index (χ1v) is 4.85. The number of halogens is 1. The van der Waals surface area contributed by atoms with E-state index < -0.39 is 0 Å². The van der Waals surface area contributed by atoms with E-state index in [-0.39, 0.29) is 0 Å². The molecule has 0 heterocycles. The van der Waals surface area contributed by atoms with E-state index >= 15 is 0 Å². The third-order valence-electron chi connectivity index (χ3n) is 1.71. The Balaban J connectivity index is 2.77. The van der Waals surface area contributed by atoms with Crippen LogP contribution in [0.2, 0.25) is 0 Å². The van der Waals surface area contributed by atoms with Crippen molar-refractivity contribution in [2.75, 3.05) is 0 Å². The van der Waals surface area contributed by atoms with Crippen molar-refractivity contribution in [3.05, 3.63) is 0 Å². The first-order chi connectivity index (χ1) is 4.77. The highest BCUT2D eigenvalue weighted by atomic mass is 35.5. The standard InChI is InChI=1S/C9H19Cl/c1-3-4-5-6-7-8-9(2)10/h9H,3-8H2,1-2H3. The average molecular weight is 163 g/mol. The van der Waals surface area contributed by atoms with Crippen LogP contribution in [0.3, 0.4) is 0 Å². The minimum absolute atomic E-state index is 0.377. The molecule has 0 aliphatic heterocycles. The largest absolute Gasteiger partial charge is 0.123 e. The summed E-state index contributed by atoms with van der Waals surface area (Å²) in [4.78, 5) is 0. The van der Waals surface area contributed by atoms with Gasteiger partial charge in [0.25, 0.3) is 0 Å². The molecule has 0 rings (SSSR count). The molecule has 0 aromatic carbocycles. The average Bonchev–Trinajstić information content (AvgIpc) is 1.87. The summed E-state index contributed by atoms with van der Waals surface area (Å²) in [7, 11) is 0. The van der Waals surface area contributed by atoms with Crippen LogP contribution < -0.4 is 0 Å². The molecule has 0 nitrogen and oxygen atoms in total. The van der Waals surface area contributed by atoms with Crippen molar-refractivity contribution in [3.8, 4) is 0 Å². The normalized spacial score (nSPS) is 13.5. The van der Waals surface area contributed by atoms with Gasteiger partial charge in [-0.25, -0.2) is 0 Å². The molecule has 0 bridgehead atoms. The van der Waals surface area contributed by atoms with Gasteiger partial charge in [0.2, 0.25) is 0 Å². The van der Waals surface area contributed by atoms with E-state index in [2.05, 4.69) is 13.8 Å². The van der Waals surface area contributed by atoms with Crippen molar-refractivity contribution < 1.29 is 0 Å². The molecule has 1 heteroatoms. The number of rotatable bonds is 6. The number of unbranched alkanes of at least 4 members (excludes halogenated alkanes) is 4. The van der Waals surface area contributed by atoms with Gasteiger partial charge < -0.3 is 0 Å². The fourth-order valence-corrected chi connectivity index (χ4v) is 1.18. The smallest absolute Gasteiger partial charge is 0.0307 e. The van der Waals surface area contributed by atoms with Crippen LogP contribution in [-0.2, 0) is 0 Å². The molecule has 0 aliphatic carbocycles. The molecule has 0 aromatic rings. The lowest BCUT2D eigenvalue weighted by Gasteiger charge is -2.01. The quantitative estimate of drug-likeness (QED) is 0.410. The molecule has 1 atom stereocenters. The maximum Gasteiger partial charge on any atom is 0.0307 e. The van der Waals surface area contributed by atoms with E-state index in [9.17, 15) is 0 Å². The topological polar surface area (TPSA) is 0 Å². The summed E-state index contributed by atoms with van der Waals surface area (Å²) in [5.74, 6) is 0. The van der Waals surface area contributed by atoms with Gasteiger partial charge in [-0.05, 0) is 13.3 Å². The second kappa shape index (κ2) is 7.40. The van der Waals surface area contributed by atoms with Crippen molar-refractivity contribution in [3.63, 3.8) is 0 Å². The van der Waals surface area contributed by atoms with Gasteiger partial charge in [-0.3, -0.25) is 0 Å². The van der Waals surface area contributed by atoms with E-state index in [0.717, 1.165) is 0 Å². The summed E-state index contributed by atoms with van der Waals surface area (Å²) in [6.07, 6.45) is 7.97. The van der Waals surface area contributed by atoms with Crippen molar-refractivity contribution in [2.24, 2.45) is 0 Å². The molecule has 0 fully saturated rings. The summed E-state index contributed by atoms with van der Waals surface area (Å²) < 4.78 is 0. The Hall–Kier alpha value is 0.290. The molecular formula is C9H19Cl. The molecule has 0 aliphatic rings. The Labute approximate surface area is 70.0 Å². The lowest BCUT2D eigenvalue weighted by Crippen LogP contribution is -1.89. The molecule has 0 amide bonds. The lowest BCUT2D eigenvalue weighted by atomic mass is 10.1. The van der Waals surface area contributed by atoms with Crippen LogP contribution in [0, 0.1) is 0 Å².